The van der Waals surface area contributed by atoms with Gasteiger partial charge < -0.3 is 4.74 Å². The van der Waals surface area contributed by atoms with Gasteiger partial charge in [-0.1, -0.05) is 30.3 Å². The van der Waals surface area contributed by atoms with E-state index in [2.05, 4.69) is 10.5 Å². The summed E-state index contributed by atoms with van der Waals surface area (Å²) in [5.74, 6) is 0.113. The van der Waals surface area contributed by atoms with Gasteiger partial charge in [0.1, 0.15) is 5.75 Å². The quantitative estimate of drug-likeness (QED) is 0.503. The molecule has 0 saturated heterocycles. The Morgan fingerprint density at radius 1 is 1.22 bits per heavy atom. The number of hydrogen-bond acceptors (Lipinski definition) is 5. The molecule has 0 aromatic heterocycles. The highest BCUT2D eigenvalue weighted by atomic mass is 16.6. The number of para-hydroxylation sites is 2. The summed E-state index contributed by atoms with van der Waals surface area (Å²) < 4.78 is 5.45. The second-order valence-electron chi connectivity index (χ2n) is 4.62. The smallest absolute Gasteiger partial charge is 0.280 e. The summed E-state index contributed by atoms with van der Waals surface area (Å²) in [6.45, 7) is 1.59. The fraction of sp³-hybridized carbons (Fsp3) is 0.125. The molecule has 0 radical (unpaired) electrons. The summed E-state index contributed by atoms with van der Waals surface area (Å²) in [6.07, 6.45) is 0.478. The lowest BCUT2D eigenvalue weighted by Gasteiger charge is -2.12. The number of rotatable bonds is 6. The van der Waals surface area contributed by atoms with Crippen LogP contribution in [0.2, 0.25) is 0 Å². The van der Waals surface area contributed by atoms with E-state index in [1.54, 1.807) is 43.3 Å². The molecule has 0 aliphatic rings. The fourth-order valence-corrected chi connectivity index (χ4v) is 1.78. The third-order valence-electron chi connectivity index (χ3n) is 2.94. The van der Waals surface area contributed by atoms with Crippen molar-refractivity contribution in [2.45, 2.75) is 13.0 Å². The predicted molar refractivity (Wildman–Crippen MR) is 85.4 cm³/mol. The lowest BCUT2D eigenvalue weighted by Crippen LogP contribution is -2.33. The van der Waals surface area contributed by atoms with Crippen molar-refractivity contribution in [2.75, 3.05) is 0 Å². The van der Waals surface area contributed by atoms with E-state index in [1.165, 1.54) is 18.3 Å². The minimum Gasteiger partial charge on any atom is -0.481 e. The number of nitrogens with zero attached hydrogens (tertiary/aromatic N) is 2. The van der Waals surface area contributed by atoms with Crippen molar-refractivity contribution in [3.8, 4) is 5.75 Å². The summed E-state index contributed by atoms with van der Waals surface area (Å²) in [7, 11) is 0. The Morgan fingerprint density at radius 2 is 1.87 bits per heavy atom. The molecule has 0 saturated carbocycles. The van der Waals surface area contributed by atoms with Gasteiger partial charge in [-0.15, -0.1) is 0 Å². The summed E-state index contributed by atoms with van der Waals surface area (Å²) in [6, 6.07) is 15.0. The second kappa shape index (κ2) is 7.69. The first-order chi connectivity index (χ1) is 11.1. The van der Waals surface area contributed by atoms with E-state index in [9.17, 15) is 14.9 Å². The van der Waals surface area contributed by atoms with Crippen LogP contribution in [0.25, 0.3) is 0 Å². The molecule has 1 unspecified atom stereocenters. The van der Waals surface area contributed by atoms with Crippen molar-refractivity contribution in [1.29, 1.82) is 0 Å². The minimum atomic E-state index is -0.750. The normalized spacial score (nSPS) is 11.9. The van der Waals surface area contributed by atoms with Gasteiger partial charge in [0, 0.05) is 6.07 Å². The van der Waals surface area contributed by atoms with Crippen LogP contribution in [0.15, 0.2) is 59.7 Å². The van der Waals surface area contributed by atoms with Crippen molar-refractivity contribution in [3.05, 3.63) is 70.3 Å². The molecule has 1 atom stereocenters. The number of ether oxygens (including phenoxy) is 1. The van der Waals surface area contributed by atoms with Crippen LogP contribution >= 0.6 is 0 Å². The van der Waals surface area contributed by atoms with E-state index in [0.29, 0.717) is 11.3 Å². The molecule has 7 heteroatoms. The van der Waals surface area contributed by atoms with Gasteiger partial charge in [-0.05, 0) is 25.1 Å². The number of nitro benzene ring substituents is 1. The maximum absolute atomic E-state index is 11.9. The van der Waals surface area contributed by atoms with Gasteiger partial charge in [-0.3, -0.25) is 14.9 Å². The molecule has 0 aliphatic carbocycles. The van der Waals surface area contributed by atoms with Crippen LogP contribution in [0.5, 0.6) is 5.75 Å². The van der Waals surface area contributed by atoms with E-state index in [0.717, 1.165) is 0 Å². The largest absolute Gasteiger partial charge is 0.481 e. The average Bonchev–Trinajstić information content (AvgIpc) is 2.56. The molecular weight excluding hydrogens is 298 g/mol. The minimum absolute atomic E-state index is 0.0842. The maximum Gasteiger partial charge on any atom is 0.280 e. The molecule has 7 nitrogen and oxygen atoms in total. The molecule has 2 rings (SSSR count). The van der Waals surface area contributed by atoms with Crippen LogP contribution in [0.1, 0.15) is 12.5 Å². The summed E-state index contributed by atoms with van der Waals surface area (Å²) >= 11 is 0. The molecule has 0 heterocycles. The molecule has 0 aliphatic heterocycles. The fourth-order valence-electron chi connectivity index (χ4n) is 1.78. The van der Waals surface area contributed by atoms with Crippen molar-refractivity contribution >= 4 is 17.8 Å². The van der Waals surface area contributed by atoms with Crippen LogP contribution in [0.3, 0.4) is 0 Å². The molecule has 23 heavy (non-hydrogen) atoms. The van der Waals surface area contributed by atoms with Gasteiger partial charge in [-0.2, -0.15) is 5.10 Å². The van der Waals surface area contributed by atoms with Crippen LogP contribution in [0.4, 0.5) is 5.69 Å². The number of benzene rings is 2. The van der Waals surface area contributed by atoms with Crippen molar-refractivity contribution in [1.82, 2.24) is 5.43 Å². The van der Waals surface area contributed by atoms with Crippen LogP contribution in [-0.2, 0) is 4.79 Å². The molecule has 0 bridgehead atoms. The number of carbonyl (C=O) groups is 1. The number of amides is 1. The molecule has 0 spiro atoms. The number of nitrogens with one attached hydrogen (secondary N) is 1. The number of hydrazone groups is 1. The zero-order chi connectivity index (χ0) is 16.7. The van der Waals surface area contributed by atoms with E-state index in [4.69, 9.17) is 4.74 Å². The van der Waals surface area contributed by atoms with E-state index >= 15 is 0 Å². The molecule has 2 aromatic carbocycles. The zero-order valence-electron chi connectivity index (χ0n) is 12.4. The predicted octanol–water partition coefficient (Wildman–Crippen LogP) is 2.51. The average molecular weight is 313 g/mol. The third kappa shape index (κ3) is 4.63. The van der Waals surface area contributed by atoms with Crippen molar-refractivity contribution in [2.24, 2.45) is 5.10 Å². The topological polar surface area (TPSA) is 93.8 Å². The highest BCUT2D eigenvalue weighted by Crippen LogP contribution is 2.15. The Kier molecular flexibility index (Phi) is 5.40. The van der Waals surface area contributed by atoms with Gasteiger partial charge in [0.25, 0.3) is 11.6 Å². The Morgan fingerprint density at radius 3 is 2.57 bits per heavy atom. The molecule has 2 aromatic rings. The Bertz CT molecular complexity index is 716. The first-order valence-corrected chi connectivity index (χ1v) is 6.86. The van der Waals surface area contributed by atoms with Crippen LogP contribution in [0, 0.1) is 10.1 Å². The van der Waals surface area contributed by atoms with Gasteiger partial charge in [0.05, 0.1) is 16.7 Å². The second-order valence-corrected chi connectivity index (χ2v) is 4.62. The van der Waals surface area contributed by atoms with Gasteiger partial charge in [0.2, 0.25) is 0 Å². The highest BCUT2D eigenvalue weighted by Gasteiger charge is 2.14. The van der Waals surface area contributed by atoms with Crippen molar-refractivity contribution < 1.29 is 14.5 Å². The van der Waals surface area contributed by atoms with Gasteiger partial charge >= 0.3 is 0 Å². The Labute approximate surface area is 132 Å². The van der Waals surface area contributed by atoms with E-state index < -0.39 is 16.9 Å². The molecular formula is C16H15N3O4. The van der Waals surface area contributed by atoms with Crippen LogP contribution in [-0.4, -0.2) is 23.1 Å². The van der Waals surface area contributed by atoms with Gasteiger partial charge in [0.15, 0.2) is 6.10 Å². The highest BCUT2D eigenvalue weighted by molar-refractivity contribution is 5.87. The summed E-state index contributed by atoms with van der Waals surface area (Å²) in [5, 5.41) is 14.6. The van der Waals surface area contributed by atoms with E-state index in [-0.39, 0.29) is 5.69 Å². The molecule has 1 amide bonds. The monoisotopic (exact) mass is 313 g/mol. The number of carbonyl (C=O) groups excluding carboxylic acids is 1. The first kappa shape index (κ1) is 16.2. The third-order valence-corrected chi connectivity index (χ3v) is 2.94. The summed E-state index contributed by atoms with van der Waals surface area (Å²) in [4.78, 5) is 22.2. The standard InChI is InChI=1S/C16H15N3O4/c1-12(23-14-8-3-2-4-9-14)16(20)18-17-11-13-7-5-6-10-15(13)19(21)22/h2-12H,1H3,(H,18,20)/b17-11+. The van der Waals surface area contributed by atoms with Crippen LogP contribution < -0.4 is 10.2 Å². The lowest BCUT2D eigenvalue weighted by atomic mass is 10.2. The lowest BCUT2D eigenvalue weighted by molar-refractivity contribution is -0.385. The number of nitro groups is 1. The Hall–Kier alpha value is -3.22. The molecule has 118 valence electrons. The number of hydrogen-bond donors (Lipinski definition) is 1. The van der Waals surface area contributed by atoms with E-state index in [1.807, 2.05) is 6.07 Å². The zero-order valence-corrected chi connectivity index (χ0v) is 12.4. The Balaban J connectivity index is 1.95. The van der Waals surface area contributed by atoms with Gasteiger partial charge in [-0.25, -0.2) is 5.43 Å². The maximum atomic E-state index is 11.9. The summed E-state index contributed by atoms with van der Waals surface area (Å²) in [5.41, 5.74) is 2.52. The first-order valence-electron chi connectivity index (χ1n) is 6.86. The SMILES string of the molecule is CC(Oc1ccccc1)C(=O)N/N=C/c1ccccc1[N+](=O)[O-]. The van der Waals surface area contributed by atoms with Crippen molar-refractivity contribution in [3.63, 3.8) is 0 Å². The molecule has 1 N–H and O–H groups in total. The molecule has 0 fully saturated rings.